The van der Waals surface area contributed by atoms with Crippen LogP contribution in [0.2, 0.25) is 0 Å². The Kier molecular flexibility index (Phi) is 4.66. The van der Waals surface area contributed by atoms with Gasteiger partial charge in [0, 0.05) is 19.0 Å². The van der Waals surface area contributed by atoms with Crippen molar-refractivity contribution >= 4 is 5.69 Å². The summed E-state index contributed by atoms with van der Waals surface area (Å²) in [5.74, 6) is 0.394. The van der Waals surface area contributed by atoms with Gasteiger partial charge in [-0.3, -0.25) is 0 Å². The summed E-state index contributed by atoms with van der Waals surface area (Å²) in [5, 5.41) is 4.97. The normalized spacial score (nSPS) is 23.1. The van der Waals surface area contributed by atoms with E-state index < -0.39 is 0 Å². The van der Waals surface area contributed by atoms with Crippen LogP contribution in [0.15, 0.2) is 30.5 Å². The molecule has 1 aromatic carbocycles. The molecule has 5 rings (SSSR count). The summed E-state index contributed by atoms with van der Waals surface area (Å²) in [6.07, 6.45) is 11.3. The molecule has 28 heavy (non-hydrogen) atoms. The number of nitrogens with zero attached hydrogens (tertiary/aromatic N) is 4. The molecule has 1 aliphatic carbocycles. The fraction of sp³-hybridized carbons (Fsp3) is 0.609. The second-order valence-corrected chi connectivity index (χ2v) is 9.24. The molecular formula is C23H31FN4. The molecule has 1 aromatic heterocycles. The van der Waals surface area contributed by atoms with Gasteiger partial charge in [-0.2, -0.15) is 5.10 Å². The molecule has 5 heteroatoms. The predicted octanol–water partition coefficient (Wildman–Crippen LogP) is 4.59. The maximum Gasteiger partial charge on any atom is 0.123 e. The number of aromatic nitrogens is 2. The van der Waals surface area contributed by atoms with Gasteiger partial charge in [0.25, 0.3) is 0 Å². The smallest absolute Gasteiger partial charge is 0.123 e. The van der Waals surface area contributed by atoms with Crippen molar-refractivity contribution in [3.05, 3.63) is 42.0 Å². The largest absolute Gasteiger partial charge is 0.369 e. The fourth-order valence-electron chi connectivity index (χ4n) is 5.14. The zero-order chi connectivity index (χ0) is 19.1. The van der Waals surface area contributed by atoms with Crippen LogP contribution in [0.4, 0.5) is 10.1 Å². The van der Waals surface area contributed by atoms with Crippen molar-refractivity contribution < 1.29 is 4.39 Å². The van der Waals surface area contributed by atoms with Gasteiger partial charge in [-0.1, -0.05) is 6.42 Å². The lowest BCUT2D eigenvalue weighted by atomic mass is 9.71. The van der Waals surface area contributed by atoms with Crippen LogP contribution in [0.5, 0.6) is 0 Å². The van der Waals surface area contributed by atoms with E-state index in [2.05, 4.69) is 23.0 Å². The van der Waals surface area contributed by atoms with Crippen molar-refractivity contribution in [3.8, 4) is 5.69 Å². The number of hydrogen-bond acceptors (Lipinski definition) is 3. The molecular weight excluding hydrogens is 351 g/mol. The van der Waals surface area contributed by atoms with Gasteiger partial charge in [-0.25, -0.2) is 9.07 Å². The standard InChI is InChI=1S/C23H31FN4/c1-26-13-9-23(10-14-26)11-15-27(16-12-23)21-17-28(20-7-5-19(24)6-8-20)25-22(21)18-3-2-4-18/h5-8,17-18H,2-4,9-16H2,1H3. The first-order chi connectivity index (χ1) is 13.6. The fourth-order valence-corrected chi connectivity index (χ4v) is 5.14. The minimum absolute atomic E-state index is 0.199. The molecule has 0 atom stereocenters. The molecule has 2 saturated heterocycles. The van der Waals surface area contributed by atoms with Crippen LogP contribution in [0.1, 0.15) is 56.6 Å². The summed E-state index contributed by atoms with van der Waals surface area (Å²) in [6.45, 7) is 4.77. The van der Waals surface area contributed by atoms with E-state index in [9.17, 15) is 4.39 Å². The lowest BCUT2D eigenvalue weighted by molar-refractivity contribution is 0.0944. The van der Waals surface area contributed by atoms with Crippen LogP contribution in [-0.2, 0) is 0 Å². The Bertz CT molecular complexity index is 806. The van der Waals surface area contributed by atoms with Crippen molar-refractivity contribution in [1.29, 1.82) is 0 Å². The van der Waals surface area contributed by atoms with E-state index in [-0.39, 0.29) is 5.82 Å². The van der Waals surface area contributed by atoms with Gasteiger partial charge in [-0.05, 0) is 88.3 Å². The lowest BCUT2D eigenvalue weighted by Crippen LogP contribution is -2.46. The average molecular weight is 383 g/mol. The van der Waals surface area contributed by atoms with Crippen molar-refractivity contribution in [1.82, 2.24) is 14.7 Å². The molecule has 0 amide bonds. The molecule has 3 fully saturated rings. The molecule has 2 aromatic rings. The van der Waals surface area contributed by atoms with Crippen molar-refractivity contribution in [3.63, 3.8) is 0 Å². The number of piperidine rings is 2. The van der Waals surface area contributed by atoms with Crippen LogP contribution < -0.4 is 4.90 Å². The van der Waals surface area contributed by atoms with Gasteiger partial charge >= 0.3 is 0 Å². The van der Waals surface area contributed by atoms with Crippen molar-refractivity contribution in [2.75, 3.05) is 38.1 Å². The number of anilines is 1. The molecule has 3 heterocycles. The number of benzene rings is 1. The highest BCUT2D eigenvalue weighted by molar-refractivity contribution is 5.54. The van der Waals surface area contributed by atoms with Crippen molar-refractivity contribution in [2.45, 2.75) is 50.9 Å². The first-order valence-electron chi connectivity index (χ1n) is 10.9. The maximum atomic E-state index is 13.3. The number of likely N-dealkylation sites (tertiary alicyclic amines) is 1. The molecule has 3 aliphatic rings. The SMILES string of the molecule is CN1CCC2(CC1)CCN(c1cn(-c3ccc(F)cc3)nc1C1CCC1)CC2. The third-order valence-electron chi connectivity index (χ3n) is 7.52. The Morgan fingerprint density at radius 2 is 1.61 bits per heavy atom. The van der Waals surface area contributed by atoms with Gasteiger partial charge in [0.15, 0.2) is 0 Å². The monoisotopic (exact) mass is 382 g/mol. The maximum absolute atomic E-state index is 13.3. The molecule has 1 saturated carbocycles. The molecule has 0 bridgehead atoms. The highest BCUT2D eigenvalue weighted by Crippen LogP contribution is 2.45. The van der Waals surface area contributed by atoms with Crippen LogP contribution in [0.3, 0.4) is 0 Å². The number of rotatable bonds is 3. The lowest BCUT2D eigenvalue weighted by Gasteiger charge is -2.47. The first-order valence-corrected chi connectivity index (χ1v) is 10.9. The average Bonchev–Trinajstić information content (AvgIpc) is 3.09. The third-order valence-corrected chi connectivity index (χ3v) is 7.52. The quantitative estimate of drug-likeness (QED) is 0.776. The highest BCUT2D eigenvalue weighted by Gasteiger charge is 2.38. The van der Waals surface area contributed by atoms with Crippen LogP contribution in [0, 0.1) is 11.2 Å². The number of hydrogen-bond donors (Lipinski definition) is 0. The van der Waals surface area contributed by atoms with E-state index in [1.807, 2.05) is 16.8 Å². The van der Waals surface area contributed by atoms with E-state index >= 15 is 0 Å². The Labute approximate surface area is 167 Å². The van der Waals surface area contributed by atoms with E-state index in [4.69, 9.17) is 5.10 Å². The van der Waals surface area contributed by atoms with Crippen molar-refractivity contribution in [2.24, 2.45) is 5.41 Å². The van der Waals surface area contributed by atoms with Gasteiger partial charge < -0.3 is 9.80 Å². The zero-order valence-corrected chi connectivity index (χ0v) is 16.9. The molecule has 4 nitrogen and oxygen atoms in total. The minimum Gasteiger partial charge on any atom is -0.369 e. The van der Waals surface area contributed by atoms with E-state index in [0.717, 1.165) is 18.8 Å². The van der Waals surface area contributed by atoms with Gasteiger partial charge in [0.1, 0.15) is 5.82 Å². The highest BCUT2D eigenvalue weighted by atomic mass is 19.1. The van der Waals surface area contributed by atoms with Crippen LogP contribution >= 0.6 is 0 Å². The zero-order valence-electron chi connectivity index (χ0n) is 16.9. The molecule has 150 valence electrons. The van der Waals surface area contributed by atoms with E-state index in [1.54, 1.807) is 0 Å². The second-order valence-electron chi connectivity index (χ2n) is 9.24. The summed E-state index contributed by atoms with van der Waals surface area (Å²) in [5.41, 5.74) is 4.08. The summed E-state index contributed by atoms with van der Waals surface area (Å²) >= 11 is 0. The molecule has 1 spiro atoms. The minimum atomic E-state index is -0.199. The number of halogens is 1. The van der Waals surface area contributed by atoms with E-state index in [0.29, 0.717) is 11.3 Å². The molecule has 0 radical (unpaired) electrons. The summed E-state index contributed by atoms with van der Waals surface area (Å²) in [7, 11) is 2.25. The summed E-state index contributed by atoms with van der Waals surface area (Å²) in [6, 6.07) is 6.68. The predicted molar refractivity (Wildman–Crippen MR) is 111 cm³/mol. The topological polar surface area (TPSA) is 24.3 Å². The van der Waals surface area contributed by atoms with E-state index in [1.165, 1.54) is 81.5 Å². The Balaban J connectivity index is 1.37. The van der Waals surface area contributed by atoms with Gasteiger partial charge in [0.2, 0.25) is 0 Å². The van der Waals surface area contributed by atoms with Crippen LogP contribution in [0.25, 0.3) is 5.69 Å². The van der Waals surface area contributed by atoms with Gasteiger partial charge in [0.05, 0.1) is 23.3 Å². The van der Waals surface area contributed by atoms with Gasteiger partial charge in [-0.15, -0.1) is 0 Å². The molecule has 0 N–H and O–H groups in total. The second kappa shape index (κ2) is 7.18. The Hall–Kier alpha value is -1.88. The summed E-state index contributed by atoms with van der Waals surface area (Å²) in [4.78, 5) is 5.04. The third kappa shape index (κ3) is 3.34. The van der Waals surface area contributed by atoms with Crippen LogP contribution in [-0.4, -0.2) is 47.9 Å². The Morgan fingerprint density at radius 3 is 2.21 bits per heavy atom. The first kappa shape index (κ1) is 18.2. The molecule has 0 unspecified atom stereocenters. The summed E-state index contributed by atoms with van der Waals surface area (Å²) < 4.78 is 15.3. The molecule has 2 aliphatic heterocycles. The Morgan fingerprint density at radius 1 is 0.964 bits per heavy atom.